The fourth-order valence-electron chi connectivity index (χ4n) is 11.9. The second-order valence-corrected chi connectivity index (χ2v) is 23.6. The van der Waals surface area contributed by atoms with Crippen molar-refractivity contribution >= 4 is 69.1 Å². The number of amides is 3. The zero-order chi connectivity index (χ0) is 61.1. The minimum Gasteiger partial charge on any atom is -0.491 e. The van der Waals surface area contributed by atoms with Crippen LogP contribution in [0.5, 0.6) is 5.75 Å². The summed E-state index contributed by atoms with van der Waals surface area (Å²) >= 11 is 1.39. The third-order valence-corrected chi connectivity index (χ3v) is 17.8. The van der Waals surface area contributed by atoms with Crippen molar-refractivity contribution in [2.45, 2.75) is 122 Å². The number of ether oxygens (including phenoxy) is 6. The number of ketones is 2. The number of anilines is 3. The maximum absolute atomic E-state index is 14.2. The number of aryl methyl sites for hydroxylation is 1. The Morgan fingerprint density at radius 2 is 1.40 bits per heavy atom. The van der Waals surface area contributed by atoms with E-state index in [1.54, 1.807) is 67.5 Å². The molecule has 1 aromatic carbocycles. The first-order chi connectivity index (χ1) is 42.4. The fraction of sp³-hybridized carbons (Fsp3) is 0.587. The van der Waals surface area contributed by atoms with Crippen LogP contribution in [-0.2, 0) is 38.1 Å². The Labute approximate surface area is 512 Å². The number of Topliss-reactive ketones (excluding diaryl/α,β-unsaturated/α-hetero) is 1. The molecule has 2 aliphatic carbocycles. The molecule has 4 fully saturated rings. The molecular formula is C63H85N11O12S. The molecule has 0 spiro atoms. The Morgan fingerprint density at radius 3 is 2.06 bits per heavy atom. The molecule has 0 unspecified atom stereocenters. The van der Waals surface area contributed by atoms with E-state index in [9.17, 15) is 28.8 Å². The molecule has 87 heavy (non-hydrogen) atoms. The number of thiazole rings is 1. The van der Waals surface area contributed by atoms with Gasteiger partial charge in [-0.1, -0.05) is 44.2 Å². The Bertz CT molecular complexity index is 3160. The van der Waals surface area contributed by atoms with Gasteiger partial charge in [-0.3, -0.25) is 33.3 Å². The number of hydrogen-bond acceptors (Lipinski definition) is 20. The first-order valence-electron chi connectivity index (χ1n) is 31.0. The summed E-state index contributed by atoms with van der Waals surface area (Å²) in [4.78, 5) is 104. The van der Waals surface area contributed by atoms with Crippen LogP contribution in [0.25, 0.3) is 11.0 Å². The molecule has 3 atom stereocenters. The van der Waals surface area contributed by atoms with E-state index in [1.165, 1.54) is 18.3 Å². The van der Waals surface area contributed by atoms with Crippen molar-refractivity contribution in [2.75, 3.05) is 123 Å². The van der Waals surface area contributed by atoms with Crippen molar-refractivity contribution in [1.82, 2.24) is 44.9 Å². The van der Waals surface area contributed by atoms with E-state index in [0.29, 0.717) is 151 Å². The first-order valence-corrected chi connectivity index (χ1v) is 31.8. The highest BCUT2D eigenvalue weighted by molar-refractivity contribution is 7.10. The van der Waals surface area contributed by atoms with Crippen molar-refractivity contribution in [1.29, 1.82) is 0 Å². The summed E-state index contributed by atoms with van der Waals surface area (Å²) in [5.74, 6) is 0.817. The van der Waals surface area contributed by atoms with E-state index in [1.807, 2.05) is 21.9 Å². The SMILES string of the molecule is CN[C@@H](C)C(=O)N[C@H](C(=O)N1CCC[C@H]1c1nc(C(=O)c2cccc(OCCOCCOCCOCCOCCOCCC(=O)N3CCN(c4ccc(Nc5ncc6c(C)c(C(C)=O)c(=O)n(C7CCCC7)c6n5)nc4)CC3)c2)cs1)C1CCCCC1. The van der Waals surface area contributed by atoms with Gasteiger partial charge in [-0.2, -0.15) is 4.98 Å². The maximum Gasteiger partial charge on any atom is 0.263 e. The van der Waals surface area contributed by atoms with Crippen LogP contribution in [0.15, 0.2) is 59.0 Å². The van der Waals surface area contributed by atoms with Gasteiger partial charge >= 0.3 is 0 Å². The van der Waals surface area contributed by atoms with E-state index < -0.39 is 12.1 Å². The van der Waals surface area contributed by atoms with Gasteiger partial charge in [0.1, 0.15) is 40.6 Å². The van der Waals surface area contributed by atoms with E-state index in [4.69, 9.17) is 38.4 Å². The van der Waals surface area contributed by atoms with Crippen molar-refractivity contribution in [2.24, 2.45) is 5.92 Å². The van der Waals surface area contributed by atoms with Gasteiger partial charge < -0.3 is 59.1 Å². The lowest BCUT2D eigenvalue weighted by molar-refractivity contribution is -0.139. The standard InChI is InChI=1S/C63H85N11O12S/c1-42-50-40-66-63(70-58(50)74(47-15-8-9-16-47)61(79)55(42)44(3)75)68-53-20-19-48(39-65-53)71-23-25-72(26-24-71)54(76)21-27-81-28-29-82-30-31-83-32-33-84-34-35-85-36-37-86-49-17-10-14-46(38-49)57(77)51-41-87-60(67-51)52-18-11-22-73(52)62(80)56(45-12-6-5-7-13-45)69-59(78)43(2)64-4/h10,14,17,19-20,38-41,43,45,47,52,56,64H,5-9,11-13,15-16,18,21-37H2,1-4H3,(H,69,78)(H,65,66,68,70)/t43-,52-,56-/m0/s1. The summed E-state index contributed by atoms with van der Waals surface area (Å²) in [5.41, 5.74) is 2.73. The number of piperazine rings is 1. The molecule has 470 valence electrons. The molecule has 6 heterocycles. The molecule has 24 heteroatoms. The lowest BCUT2D eigenvalue weighted by atomic mass is 9.83. The van der Waals surface area contributed by atoms with Gasteiger partial charge in [-0.15, -0.1) is 11.3 Å². The van der Waals surface area contributed by atoms with Gasteiger partial charge in [-0.05, 0) is 102 Å². The van der Waals surface area contributed by atoms with Gasteiger partial charge in [0.25, 0.3) is 5.56 Å². The Morgan fingerprint density at radius 1 is 0.736 bits per heavy atom. The molecule has 5 aromatic rings. The predicted octanol–water partition coefficient (Wildman–Crippen LogP) is 6.78. The number of carbonyl (C=O) groups is 5. The third kappa shape index (κ3) is 17.3. The van der Waals surface area contributed by atoms with Gasteiger partial charge in [0.2, 0.25) is 29.5 Å². The van der Waals surface area contributed by atoms with Crippen LogP contribution in [0.4, 0.5) is 17.5 Å². The Hall–Kier alpha value is -6.80. The fourth-order valence-corrected chi connectivity index (χ4v) is 12.9. The molecule has 2 saturated heterocycles. The number of nitrogens with one attached hydrogen (secondary N) is 3. The summed E-state index contributed by atoms with van der Waals surface area (Å²) in [5, 5.41) is 12.4. The Balaban J connectivity index is 0.574. The molecule has 0 radical (unpaired) electrons. The molecule has 4 aliphatic rings. The first kappa shape index (κ1) is 64.7. The van der Waals surface area contributed by atoms with E-state index in [-0.39, 0.29) is 65.0 Å². The number of hydrogen-bond donors (Lipinski definition) is 3. The van der Waals surface area contributed by atoms with E-state index in [0.717, 1.165) is 81.3 Å². The number of carbonyl (C=O) groups excluding carboxylic acids is 5. The average molecular weight is 1220 g/mol. The quantitative estimate of drug-likeness (QED) is 0.0296. The minimum atomic E-state index is -0.587. The van der Waals surface area contributed by atoms with Gasteiger partial charge in [0.15, 0.2) is 5.78 Å². The zero-order valence-corrected chi connectivity index (χ0v) is 51.6. The molecular weight excluding hydrogens is 1130 g/mol. The number of benzene rings is 1. The van der Waals surface area contributed by atoms with Crippen LogP contribution in [0.3, 0.4) is 0 Å². The average Bonchev–Trinajstić information content (AvgIpc) is 1.86. The number of likely N-dealkylation sites (tertiary alicyclic amines) is 1. The van der Waals surface area contributed by atoms with Crippen molar-refractivity contribution in [3.05, 3.63) is 91.9 Å². The zero-order valence-electron chi connectivity index (χ0n) is 50.8. The summed E-state index contributed by atoms with van der Waals surface area (Å²) in [7, 11) is 1.73. The molecule has 2 aliphatic heterocycles. The molecule has 3 amide bonds. The minimum absolute atomic E-state index is 0.0118. The highest BCUT2D eigenvalue weighted by atomic mass is 32.1. The van der Waals surface area contributed by atoms with Gasteiger partial charge in [-0.25, -0.2) is 15.0 Å². The lowest BCUT2D eigenvalue weighted by Gasteiger charge is -2.36. The Kier molecular flexibility index (Phi) is 24.1. The second-order valence-electron chi connectivity index (χ2n) is 22.7. The highest BCUT2D eigenvalue weighted by Gasteiger charge is 2.40. The maximum atomic E-state index is 14.2. The summed E-state index contributed by atoms with van der Waals surface area (Å²) in [6.45, 7) is 12.2. The largest absolute Gasteiger partial charge is 0.491 e. The smallest absolute Gasteiger partial charge is 0.263 e. The molecule has 2 saturated carbocycles. The lowest BCUT2D eigenvalue weighted by Crippen LogP contribution is -2.55. The summed E-state index contributed by atoms with van der Waals surface area (Å²) in [6.07, 6.45) is 14.2. The van der Waals surface area contributed by atoms with Gasteiger partial charge in [0, 0.05) is 61.3 Å². The number of nitrogens with zero attached hydrogens (tertiary/aromatic N) is 8. The van der Waals surface area contributed by atoms with Crippen LogP contribution in [0, 0.1) is 12.8 Å². The van der Waals surface area contributed by atoms with Crippen LogP contribution >= 0.6 is 11.3 Å². The summed E-state index contributed by atoms with van der Waals surface area (Å²) < 4.78 is 35.8. The van der Waals surface area contributed by atoms with E-state index >= 15 is 0 Å². The topological polar surface area (TPSA) is 260 Å². The number of fused-ring (bicyclic) bond motifs is 1. The number of pyridine rings is 2. The third-order valence-electron chi connectivity index (χ3n) is 16.9. The van der Waals surface area contributed by atoms with Crippen molar-refractivity contribution < 1.29 is 52.4 Å². The molecule has 4 aromatic heterocycles. The second kappa shape index (κ2) is 32.4. The van der Waals surface area contributed by atoms with Gasteiger partial charge in [0.05, 0.1) is 102 Å². The van der Waals surface area contributed by atoms with Crippen LogP contribution in [-0.4, -0.2) is 188 Å². The molecule has 9 rings (SSSR count). The monoisotopic (exact) mass is 1220 g/mol. The number of rotatable bonds is 32. The molecule has 23 nitrogen and oxygen atoms in total. The number of likely N-dealkylation sites (N-methyl/N-ethyl adjacent to an activating group) is 1. The molecule has 3 N–H and O–H groups in total. The van der Waals surface area contributed by atoms with Crippen LogP contribution < -0.4 is 31.1 Å². The van der Waals surface area contributed by atoms with Crippen molar-refractivity contribution in [3.63, 3.8) is 0 Å². The predicted molar refractivity (Wildman–Crippen MR) is 329 cm³/mol. The highest BCUT2D eigenvalue weighted by Crippen LogP contribution is 2.37. The molecule has 0 bridgehead atoms. The normalized spacial score (nSPS) is 17.4. The van der Waals surface area contributed by atoms with Crippen molar-refractivity contribution in [3.8, 4) is 5.75 Å². The van der Waals surface area contributed by atoms with Crippen LogP contribution in [0.2, 0.25) is 0 Å². The van der Waals surface area contributed by atoms with E-state index in [2.05, 4.69) is 30.8 Å². The van der Waals surface area contributed by atoms with Crippen LogP contribution in [0.1, 0.15) is 140 Å². The summed E-state index contributed by atoms with van der Waals surface area (Å²) in [6, 6.07) is 9.57. The number of aromatic nitrogens is 5.